The van der Waals surface area contributed by atoms with Crippen molar-refractivity contribution >= 4 is 0 Å². The monoisotopic (exact) mass is 228 g/mol. The molecule has 0 amide bonds. The second-order valence-corrected chi connectivity index (χ2v) is 5.03. The largest absolute Gasteiger partial charge is 0.328 e. The Morgan fingerprint density at radius 2 is 1.88 bits per heavy atom. The van der Waals surface area contributed by atoms with E-state index in [0.29, 0.717) is 12.0 Å². The van der Waals surface area contributed by atoms with Gasteiger partial charge in [0.2, 0.25) is 0 Å². The molecule has 2 heteroatoms. The Balaban J connectivity index is 2.46. The van der Waals surface area contributed by atoms with Crippen LogP contribution in [0.15, 0.2) is 36.7 Å². The van der Waals surface area contributed by atoms with Crippen LogP contribution in [0.25, 0.3) is 11.4 Å². The molecule has 90 valence electrons. The fourth-order valence-electron chi connectivity index (χ4n) is 1.99. The van der Waals surface area contributed by atoms with Crippen molar-refractivity contribution in [1.29, 1.82) is 0 Å². The molecular formula is C15H20N2. The summed E-state index contributed by atoms with van der Waals surface area (Å²) in [5, 5.41) is 0. The van der Waals surface area contributed by atoms with E-state index >= 15 is 0 Å². The summed E-state index contributed by atoms with van der Waals surface area (Å²) >= 11 is 0. The highest BCUT2D eigenvalue weighted by Crippen LogP contribution is 2.24. The van der Waals surface area contributed by atoms with Crippen LogP contribution < -0.4 is 0 Å². The van der Waals surface area contributed by atoms with Gasteiger partial charge in [0.05, 0.1) is 0 Å². The van der Waals surface area contributed by atoms with Crippen molar-refractivity contribution in [2.75, 3.05) is 0 Å². The molecule has 2 aromatic rings. The molecule has 0 atom stereocenters. The Morgan fingerprint density at radius 3 is 2.53 bits per heavy atom. The highest BCUT2D eigenvalue weighted by Gasteiger charge is 2.09. The SMILES string of the molecule is CC(C)c1cccc(-c2nccn2C(C)C)c1. The van der Waals surface area contributed by atoms with Gasteiger partial charge < -0.3 is 4.57 Å². The zero-order valence-electron chi connectivity index (χ0n) is 11.0. The zero-order chi connectivity index (χ0) is 12.4. The Kier molecular flexibility index (Phi) is 3.32. The molecule has 0 unspecified atom stereocenters. The minimum absolute atomic E-state index is 0.440. The fourth-order valence-corrected chi connectivity index (χ4v) is 1.99. The Bertz CT molecular complexity index is 495. The Hall–Kier alpha value is -1.57. The lowest BCUT2D eigenvalue weighted by Crippen LogP contribution is -2.02. The van der Waals surface area contributed by atoms with E-state index in [2.05, 4.69) is 61.5 Å². The van der Waals surface area contributed by atoms with Crippen molar-refractivity contribution < 1.29 is 0 Å². The lowest BCUT2D eigenvalue weighted by molar-refractivity contribution is 0.606. The number of hydrogen-bond acceptors (Lipinski definition) is 1. The molecule has 0 aliphatic rings. The van der Waals surface area contributed by atoms with Gasteiger partial charge in [0.15, 0.2) is 0 Å². The van der Waals surface area contributed by atoms with Gasteiger partial charge in [-0.15, -0.1) is 0 Å². The van der Waals surface area contributed by atoms with Gasteiger partial charge in [-0.25, -0.2) is 4.98 Å². The first-order chi connectivity index (χ1) is 8.09. The summed E-state index contributed by atoms with van der Waals surface area (Å²) in [7, 11) is 0. The molecule has 1 aromatic heterocycles. The molecule has 17 heavy (non-hydrogen) atoms. The standard InChI is InChI=1S/C15H20N2/c1-11(2)13-6-5-7-14(10-13)15-16-8-9-17(15)12(3)4/h5-12H,1-4H3. The van der Waals surface area contributed by atoms with E-state index in [4.69, 9.17) is 0 Å². The van der Waals surface area contributed by atoms with Crippen molar-refractivity contribution in [3.05, 3.63) is 42.2 Å². The predicted molar refractivity (Wildman–Crippen MR) is 72.1 cm³/mol. The molecule has 0 bridgehead atoms. The van der Waals surface area contributed by atoms with Crippen LogP contribution in [0, 0.1) is 0 Å². The summed E-state index contributed by atoms with van der Waals surface area (Å²) in [6.45, 7) is 8.79. The van der Waals surface area contributed by atoms with Crippen LogP contribution in [0.5, 0.6) is 0 Å². The zero-order valence-corrected chi connectivity index (χ0v) is 11.0. The topological polar surface area (TPSA) is 17.8 Å². The summed E-state index contributed by atoms with van der Waals surface area (Å²) in [6.07, 6.45) is 3.92. The van der Waals surface area contributed by atoms with Gasteiger partial charge >= 0.3 is 0 Å². The summed E-state index contributed by atoms with van der Waals surface area (Å²) < 4.78 is 2.21. The molecule has 1 heterocycles. The van der Waals surface area contributed by atoms with Crippen molar-refractivity contribution in [3.63, 3.8) is 0 Å². The van der Waals surface area contributed by atoms with Crippen LogP contribution in [-0.4, -0.2) is 9.55 Å². The van der Waals surface area contributed by atoms with E-state index < -0.39 is 0 Å². The van der Waals surface area contributed by atoms with Crippen LogP contribution in [0.3, 0.4) is 0 Å². The Labute approximate surface area is 103 Å². The quantitative estimate of drug-likeness (QED) is 0.767. The van der Waals surface area contributed by atoms with Gasteiger partial charge in [-0.1, -0.05) is 32.0 Å². The molecule has 0 spiro atoms. The maximum Gasteiger partial charge on any atom is 0.140 e. The highest BCUT2D eigenvalue weighted by molar-refractivity contribution is 5.57. The van der Waals surface area contributed by atoms with Crippen LogP contribution >= 0.6 is 0 Å². The minimum Gasteiger partial charge on any atom is -0.328 e. The molecule has 0 saturated heterocycles. The number of nitrogens with zero attached hydrogens (tertiary/aromatic N) is 2. The smallest absolute Gasteiger partial charge is 0.140 e. The van der Waals surface area contributed by atoms with E-state index in [0.717, 1.165) is 5.82 Å². The molecule has 2 rings (SSSR count). The van der Waals surface area contributed by atoms with Crippen molar-refractivity contribution in [2.45, 2.75) is 39.7 Å². The fraction of sp³-hybridized carbons (Fsp3) is 0.400. The molecule has 0 radical (unpaired) electrons. The second kappa shape index (κ2) is 4.74. The first-order valence-electron chi connectivity index (χ1n) is 6.22. The van der Waals surface area contributed by atoms with Gasteiger partial charge in [-0.2, -0.15) is 0 Å². The van der Waals surface area contributed by atoms with Crippen LogP contribution in [-0.2, 0) is 0 Å². The van der Waals surface area contributed by atoms with Gasteiger partial charge in [0.1, 0.15) is 5.82 Å². The van der Waals surface area contributed by atoms with E-state index in [1.165, 1.54) is 11.1 Å². The summed E-state index contributed by atoms with van der Waals surface area (Å²) in [4.78, 5) is 4.47. The lowest BCUT2D eigenvalue weighted by Gasteiger charge is -2.13. The van der Waals surface area contributed by atoms with Crippen LogP contribution in [0.1, 0.15) is 45.2 Å². The lowest BCUT2D eigenvalue weighted by atomic mass is 10.0. The average Bonchev–Trinajstić information content (AvgIpc) is 2.78. The van der Waals surface area contributed by atoms with E-state index in [1.54, 1.807) is 0 Å². The number of aromatic nitrogens is 2. The van der Waals surface area contributed by atoms with Gasteiger partial charge in [-0.05, 0) is 31.4 Å². The maximum absolute atomic E-state index is 4.47. The molecule has 0 saturated carbocycles. The van der Waals surface area contributed by atoms with Crippen molar-refractivity contribution in [1.82, 2.24) is 9.55 Å². The van der Waals surface area contributed by atoms with E-state index in [9.17, 15) is 0 Å². The number of imidazole rings is 1. The molecule has 0 fully saturated rings. The van der Waals surface area contributed by atoms with Gasteiger partial charge in [0.25, 0.3) is 0 Å². The third kappa shape index (κ3) is 2.41. The molecule has 0 aliphatic heterocycles. The van der Waals surface area contributed by atoms with Gasteiger partial charge in [-0.3, -0.25) is 0 Å². The minimum atomic E-state index is 0.440. The van der Waals surface area contributed by atoms with E-state index in [1.807, 2.05) is 12.4 Å². The number of rotatable bonds is 3. The predicted octanol–water partition coefficient (Wildman–Crippen LogP) is 4.25. The number of benzene rings is 1. The molecular weight excluding hydrogens is 208 g/mol. The van der Waals surface area contributed by atoms with Crippen LogP contribution in [0.2, 0.25) is 0 Å². The molecule has 0 aliphatic carbocycles. The molecule has 2 nitrogen and oxygen atoms in total. The maximum atomic E-state index is 4.47. The van der Waals surface area contributed by atoms with Crippen molar-refractivity contribution in [2.24, 2.45) is 0 Å². The normalized spacial score (nSPS) is 11.4. The third-order valence-corrected chi connectivity index (χ3v) is 3.04. The highest BCUT2D eigenvalue weighted by atomic mass is 15.1. The Morgan fingerprint density at radius 1 is 1.12 bits per heavy atom. The first kappa shape index (κ1) is 11.9. The molecule has 1 aromatic carbocycles. The van der Waals surface area contributed by atoms with Crippen LogP contribution in [0.4, 0.5) is 0 Å². The summed E-state index contributed by atoms with van der Waals surface area (Å²) in [5.41, 5.74) is 2.57. The van der Waals surface area contributed by atoms with Gasteiger partial charge in [0, 0.05) is 24.0 Å². The average molecular weight is 228 g/mol. The summed E-state index contributed by atoms with van der Waals surface area (Å²) in [5.74, 6) is 1.61. The summed E-state index contributed by atoms with van der Waals surface area (Å²) in [6, 6.07) is 9.11. The number of hydrogen-bond donors (Lipinski definition) is 0. The second-order valence-electron chi connectivity index (χ2n) is 5.03. The van der Waals surface area contributed by atoms with Crippen molar-refractivity contribution in [3.8, 4) is 11.4 Å². The third-order valence-electron chi connectivity index (χ3n) is 3.04. The molecule has 0 N–H and O–H groups in total. The first-order valence-corrected chi connectivity index (χ1v) is 6.22. The van der Waals surface area contributed by atoms with E-state index in [-0.39, 0.29) is 0 Å².